The van der Waals surface area contributed by atoms with Crippen LogP contribution in [0.4, 0.5) is 0 Å². The zero-order valence-electron chi connectivity index (χ0n) is 14.6. The van der Waals surface area contributed by atoms with Crippen molar-refractivity contribution >= 4 is 11.9 Å². The first kappa shape index (κ1) is 17.0. The van der Waals surface area contributed by atoms with Gasteiger partial charge in [-0.3, -0.25) is 14.5 Å². The van der Waals surface area contributed by atoms with Crippen molar-refractivity contribution < 1.29 is 4.79 Å². The minimum absolute atomic E-state index is 0.412. The minimum atomic E-state index is -0.412. The van der Waals surface area contributed by atoms with Gasteiger partial charge in [-0.15, -0.1) is 0 Å². The summed E-state index contributed by atoms with van der Waals surface area (Å²) >= 11 is 0. The Labute approximate surface area is 147 Å². The van der Waals surface area contributed by atoms with Gasteiger partial charge in [0.05, 0.1) is 6.20 Å². The highest BCUT2D eigenvalue weighted by molar-refractivity contribution is 5.92. The fourth-order valence-corrected chi connectivity index (χ4v) is 3.22. The standard InChI is InChI=1S/C18H24N6O/c1-20-18(21-9-13-4-3-5-14(8-13)17(19)25)24-7-6-15(12-24)16-10-22-23(2)11-16/h3-5,8,10-11,15H,6-7,9,12H2,1-2H3,(H2,19,25)(H,20,21). The molecule has 1 fully saturated rings. The number of carbonyl (C=O) groups excluding carboxylic acids is 1. The number of aryl methyl sites for hydroxylation is 1. The lowest BCUT2D eigenvalue weighted by atomic mass is 10.0. The van der Waals surface area contributed by atoms with Gasteiger partial charge >= 0.3 is 0 Å². The molecule has 3 N–H and O–H groups in total. The molecule has 1 saturated heterocycles. The van der Waals surface area contributed by atoms with Crippen molar-refractivity contribution in [3.63, 3.8) is 0 Å². The largest absolute Gasteiger partial charge is 0.366 e. The van der Waals surface area contributed by atoms with Gasteiger partial charge in [0.25, 0.3) is 0 Å². The summed E-state index contributed by atoms with van der Waals surface area (Å²) in [7, 11) is 3.73. The number of benzene rings is 1. The molecule has 0 aliphatic carbocycles. The molecule has 7 heteroatoms. The number of amides is 1. The van der Waals surface area contributed by atoms with Crippen LogP contribution < -0.4 is 11.1 Å². The van der Waals surface area contributed by atoms with E-state index in [4.69, 9.17) is 5.73 Å². The molecule has 0 spiro atoms. The highest BCUT2D eigenvalue weighted by Gasteiger charge is 2.26. The molecular formula is C18H24N6O. The maximum absolute atomic E-state index is 11.3. The lowest BCUT2D eigenvalue weighted by Crippen LogP contribution is -2.39. The molecule has 3 rings (SSSR count). The van der Waals surface area contributed by atoms with Crippen molar-refractivity contribution in [2.24, 2.45) is 17.8 Å². The Kier molecular flexibility index (Phi) is 5.02. The zero-order chi connectivity index (χ0) is 17.8. The van der Waals surface area contributed by atoms with Crippen LogP contribution in [0.1, 0.15) is 33.8 Å². The van der Waals surface area contributed by atoms with E-state index in [-0.39, 0.29) is 0 Å². The van der Waals surface area contributed by atoms with Crippen molar-refractivity contribution in [3.05, 3.63) is 53.3 Å². The summed E-state index contributed by atoms with van der Waals surface area (Å²) in [5.41, 5.74) is 8.13. The van der Waals surface area contributed by atoms with Crippen molar-refractivity contribution in [1.82, 2.24) is 20.0 Å². The molecule has 1 amide bonds. The molecular weight excluding hydrogens is 316 g/mol. The third kappa shape index (κ3) is 3.99. The lowest BCUT2D eigenvalue weighted by molar-refractivity contribution is 0.1000. The van der Waals surface area contributed by atoms with E-state index in [2.05, 4.69) is 26.5 Å². The Balaban J connectivity index is 1.60. The Hall–Kier alpha value is -2.83. The number of nitrogens with zero attached hydrogens (tertiary/aromatic N) is 4. The number of aromatic nitrogens is 2. The molecule has 132 valence electrons. The highest BCUT2D eigenvalue weighted by Crippen LogP contribution is 2.26. The quantitative estimate of drug-likeness (QED) is 0.644. The molecule has 2 heterocycles. The second kappa shape index (κ2) is 7.38. The first-order valence-corrected chi connectivity index (χ1v) is 8.39. The second-order valence-corrected chi connectivity index (χ2v) is 6.34. The average Bonchev–Trinajstić information content (AvgIpc) is 3.25. The van der Waals surface area contributed by atoms with Gasteiger partial charge < -0.3 is 16.0 Å². The summed E-state index contributed by atoms with van der Waals surface area (Å²) in [4.78, 5) is 17.9. The Morgan fingerprint density at radius 2 is 2.32 bits per heavy atom. The number of hydrogen-bond acceptors (Lipinski definition) is 3. The van der Waals surface area contributed by atoms with E-state index in [0.29, 0.717) is 18.0 Å². The predicted molar refractivity (Wildman–Crippen MR) is 97.3 cm³/mol. The van der Waals surface area contributed by atoms with Crippen LogP contribution in [-0.4, -0.2) is 46.7 Å². The highest BCUT2D eigenvalue weighted by atomic mass is 16.1. The molecule has 1 unspecified atom stereocenters. The smallest absolute Gasteiger partial charge is 0.248 e. The first-order chi connectivity index (χ1) is 12.1. The molecule has 0 bridgehead atoms. The Bertz CT molecular complexity index is 781. The number of likely N-dealkylation sites (tertiary alicyclic amines) is 1. The zero-order valence-corrected chi connectivity index (χ0v) is 14.6. The Morgan fingerprint density at radius 1 is 1.48 bits per heavy atom. The number of primary amides is 1. The number of hydrogen-bond donors (Lipinski definition) is 2. The summed E-state index contributed by atoms with van der Waals surface area (Å²) in [5.74, 6) is 0.936. The van der Waals surface area contributed by atoms with Gasteiger partial charge in [-0.05, 0) is 29.7 Å². The third-order valence-corrected chi connectivity index (χ3v) is 4.56. The molecule has 7 nitrogen and oxygen atoms in total. The second-order valence-electron chi connectivity index (χ2n) is 6.34. The molecule has 0 saturated carbocycles. The van der Waals surface area contributed by atoms with E-state index in [1.807, 2.05) is 36.1 Å². The van der Waals surface area contributed by atoms with Crippen molar-refractivity contribution in [2.75, 3.05) is 20.1 Å². The number of carbonyl (C=O) groups is 1. The van der Waals surface area contributed by atoms with E-state index in [0.717, 1.165) is 31.0 Å². The summed E-state index contributed by atoms with van der Waals surface area (Å²) in [6.45, 7) is 2.48. The first-order valence-electron chi connectivity index (χ1n) is 8.39. The molecule has 1 aliphatic heterocycles. The number of guanidine groups is 1. The fraction of sp³-hybridized carbons (Fsp3) is 0.389. The van der Waals surface area contributed by atoms with E-state index in [9.17, 15) is 4.79 Å². The topological polar surface area (TPSA) is 88.5 Å². The maximum Gasteiger partial charge on any atom is 0.248 e. The van der Waals surface area contributed by atoms with Crippen molar-refractivity contribution in [3.8, 4) is 0 Å². The van der Waals surface area contributed by atoms with Crippen LogP contribution in [0.25, 0.3) is 0 Å². The summed E-state index contributed by atoms with van der Waals surface area (Å²) < 4.78 is 1.84. The lowest BCUT2D eigenvalue weighted by Gasteiger charge is -2.21. The summed E-state index contributed by atoms with van der Waals surface area (Å²) in [6, 6.07) is 7.34. The molecule has 2 aromatic rings. The number of nitrogens with two attached hydrogens (primary N) is 1. The minimum Gasteiger partial charge on any atom is -0.366 e. The van der Waals surface area contributed by atoms with Crippen LogP contribution in [0.2, 0.25) is 0 Å². The van der Waals surface area contributed by atoms with Crippen LogP contribution in [0, 0.1) is 0 Å². The van der Waals surface area contributed by atoms with E-state index >= 15 is 0 Å². The normalized spacial score (nSPS) is 17.8. The van der Waals surface area contributed by atoms with Crippen molar-refractivity contribution in [1.29, 1.82) is 0 Å². The van der Waals surface area contributed by atoms with Gasteiger partial charge in [0.15, 0.2) is 5.96 Å². The number of aliphatic imine (C=N–C) groups is 1. The molecule has 1 aliphatic rings. The van der Waals surface area contributed by atoms with E-state index in [1.54, 1.807) is 13.1 Å². The van der Waals surface area contributed by atoms with Crippen LogP contribution in [0.3, 0.4) is 0 Å². The van der Waals surface area contributed by atoms with Gasteiger partial charge in [0, 0.05) is 51.4 Å². The van der Waals surface area contributed by atoms with E-state index < -0.39 is 5.91 Å². The van der Waals surface area contributed by atoms with Crippen LogP contribution >= 0.6 is 0 Å². The van der Waals surface area contributed by atoms with Gasteiger partial charge in [-0.1, -0.05) is 12.1 Å². The Morgan fingerprint density at radius 3 is 3.00 bits per heavy atom. The third-order valence-electron chi connectivity index (χ3n) is 4.56. The summed E-state index contributed by atoms with van der Waals surface area (Å²) in [6.07, 6.45) is 5.11. The van der Waals surface area contributed by atoms with Gasteiger partial charge in [0.1, 0.15) is 0 Å². The van der Waals surface area contributed by atoms with Crippen LogP contribution in [-0.2, 0) is 13.6 Å². The van der Waals surface area contributed by atoms with Gasteiger partial charge in [-0.25, -0.2) is 0 Å². The molecule has 1 atom stereocenters. The predicted octanol–water partition coefficient (Wildman–Crippen LogP) is 1.08. The SMILES string of the molecule is CN=C(NCc1cccc(C(N)=O)c1)N1CCC(c2cnn(C)c2)C1. The number of nitrogens with one attached hydrogen (secondary N) is 1. The van der Waals surface area contributed by atoms with Gasteiger partial charge in [-0.2, -0.15) is 5.10 Å². The summed E-state index contributed by atoms with van der Waals surface area (Å²) in [5, 5.41) is 7.64. The monoisotopic (exact) mass is 340 g/mol. The average molecular weight is 340 g/mol. The number of rotatable bonds is 4. The van der Waals surface area contributed by atoms with Crippen molar-refractivity contribution in [2.45, 2.75) is 18.9 Å². The fourth-order valence-electron chi connectivity index (χ4n) is 3.22. The van der Waals surface area contributed by atoms with Crippen LogP contribution in [0.15, 0.2) is 41.7 Å². The molecule has 0 radical (unpaired) electrons. The molecule has 1 aromatic carbocycles. The van der Waals surface area contributed by atoms with Gasteiger partial charge in [0.2, 0.25) is 5.91 Å². The molecule has 1 aromatic heterocycles. The molecule has 25 heavy (non-hydrogen) atoms. The van der Waals surface area contributed by atoms with E-state index in [1.165, 1.54) is 5.56 Å². The van der Waals surface area contributed by atoms with Crippen LogP contribution in [0.5, 0.6) is 0 Å². The maximum atomic E-state index is 11.3.